The highest BCUT2D eigenvalue weighted by molar-refractivity contribution is 5.81. The molecule has 3 heterocycles. The van der Waals surface area contributed by atoms with Gasteiger partial charge < -0.3 is 20.3 Å². The number of hydrogen-bond acceptors (Lipinski definition) is 8. The van der Waals surface area contributed by atoms with Gasteiger partial charge in [0.2, 0.25) is 0 Å². The zero-order valence-electron chi connectivity index (χ0n) is 11.6. The summed E-state index contributed by atoms with van der Waals surface area (Å²) in [7, 11) is 1.46. The first kappa shape index (κ1) is 14.5. The molecular formula is C11H14N8O3. The molecule has 1 fully saturated rings. The number of hydrogen-bond donors (Lipinski definition) is 2. The maximum atomic E-state index is 10.2. The average Bonchev–Trinajstić information content (AvgIpc) is 3.07. The quantitative estimate of drug-likeness (QED) is 0.456. The molecule has 3 rings (SSSR count). The van der Waals surface area contributed by atoms with E-state index < -0.39 is 24.5 Å². The number of aliphatic hydroxyl groups is 1. The number of methoxy groups -OCH3 is 1. The molecule has 1 aliphatic heterocycles. The van der Waals surface area contributed by atoms with E-state index in [-0.39, 0.29) is 12.4 Å². The van der Waals surface area contributed by atoms with Gasteiger partial charge in [-0.05, 0) is 5.53 Å². The first-order chi connectivity index (χ1) is 10.7. The fourth-order valence-corrected chi connectivity index (χ4v) is 2.52. The van der Waals surface area contributed by atoms with E-state index in [1.807, 2.05) is 0 Å². The number of imidazole rings is 1. The molecule has 11 heteroatoms. The predicted octanol–water partition coefficient (Wildman–Crippen LogP) is -0.00790. The van der Waals surface area contributed by atoms with Crippen LogP contribution < -0.4 is 5.73 Å². The first-order valence-electron chi connectivity index (χ1n) is 6.47. The van der Waals surface area contributed by atoms with Gasteiger partial charge >= 0.3 is 0 Å². The first-order valence-corrected chi connectivity index (χ1v) is 6.47. The maximum absolute atomic E-state index is 10.2. The van der Waals surface area contributed by atoms with Gasteiger partial charge in [-0.2, -0.15) is 0 Å². The lowest BCUT2D eigenvalue weighted by Gasteiger charge is -2.19. The third kappa shape index (κ3) is 2.22. The van der Waals surface area contributed by atoms with Crippen LogP contribution in [0.15, 0.2) is 17.8 Å². The summed E-state index contributed by atoms with van der Waals surface area (Å²) >= 11 is 0. The zero-order valence-corrected chi connectivity index (χ0v) is 11.6. The molecule has 116 valence electrons. The van der Waals surface area contributed by atoms with Crippen molar-refractivity contribution >= 4 is 17.0 Å². The van der Waals surface area contributed by atoms with Gasteiger partial charge in [0.15, 0.2) is 17.7 Å². The Bertz CT molecular complexity index is 727. The second-order valence-corrected chi connectivity index (χ2v) is 4.75. The van der Waals surface area contributed by atoms with Crippen LogP contribution in [0.25, 0.3) is 21.6 Å². The second kappa shape index (κ2) is 5.73. The largest absolute Gasteiger partial charge is 0.388 e. The number of azide groups is 1. The van der Waals surface area contributed by atoms with Crippen molar-refractivity contribution < 1.29 is 14.6 Å². The molecule has 2 aromatic heterocycles. The minimum Gasteiger partial charge on any atom is -0.388 e. The predicted molar refractivity (Wildman–Crippen MR) is 74.5 cm³/mol. The fraction of sp³-hybridized carbons (Fsp3) is 0.545. The number of aromatic nitrogens is 4. The number of nitrogen functional groups attached to an aromatic ring is 1. The summed E-state index contributed by atoms with van der Waals surface area (Å²) in [6.07, 6.45) is -0.138. The van der Waals surface area contributed by atoms with Crippen LogP contribution in [0.2, 0.25) is 0 Å². The van der Waals surface area contributed by atoms with Crippen LogP contribution in [-0.2, 0) is 9.47 Å². The van der Waals surface area contributed by atoms with Gasteiger partial charge in [0.1, 0.15) is 24.1 Å². The van der Waals surface area contributed by atoms with Crippen molar-refractivity contribution in [2.24, 2.45) is 5.11 Å². The van der Waals surface area contributed by atoms with E-state index in [1.54, 1.807) is 4.57 Å². The summed E-state index contributed by atoms with van der Waals surface area (Å²) in [6, 6.07) is 0. The summed E-state index contributed by atoms with van der Waals surface area (Å²) in [5.74, 6) is 0.252. The standard InChI is InChI=1S/C11H14N8O3/c1-21-8-7(20)5(2-17-18-13)22-11(8)19-4-16-6-9(12)14-3-15-10(6)19/h3-5,7-8,11,20H,2H2,1H3,(H2,12,14,15)/t5-,7-,8-,11-/m1/s1. The maximum Gasteiger partial charge on any atom is 0.167 e. The topological polar surface area (TPSA) is 157 Å². The fourth-order valence-electron chi connectivity index (χ4n) is 2.52. The number of nitrogens with zero attached hydrogens (tertiary/aromatic N) is 7. The van der Waals surface area contributed by atoms with Crippen LogP contribution in [-0.4, -0.2) is 56.6 Å². The van der Waals surface area contributed by atoms with E-state index in [2.05, 4.69) is 25.0 Å². The lowest BCUT2D eigenvalue weighted by Crippen LogP contribution is -2.34. The van der Waals surface area contributed by atoms with Crippen LogP contribution in [0.1, 0.15) is 6.23 Å². The van der Waals surface area contributed by atoms with Gasteiger partial charge in [0.05, 0.1) is 19.0 Å². The molecule has 11 nitrogen and oxygen atoms in total. The summed E-state index contributed by atoms with van der Waals surface area (Å²) in [5, 5.41) is 13.7. The Labute approximate surface area is 124 Å². The van der Waals surface area contributed by atoms with Crippen LogP contribution in [0.3, 0.4) is 0 Å². The van der Waals surface area contributed by atoms with Gasteiger partial charge in [-0.25, -0.2) is 15.0 Å². The Morgan fingerprint density at radius 2 is 2.36 bits per heavy atom. The van der Waals surface area contributed by atoms with Crippen molar-refractivity contribution in [2.45, 2.75) is 24.5 Å². The number of fused-ring (bicyclic) bond motifs is 1. The smallest absolute Gasteiger partial charge is 0.167 e. The number of ether oxygens (including phenoxy) is 2. The molecule has 3 N–H and O–H groups in total. The second-order valence-electron chi connectivity index (χ2n) is 4.75. The number of nitrogens with two attached hydrogens (primary N) is 1. The monoisotopic (exact) mass is 306 g/mol. The summed E-state index contributed by atoms with van der Waals surface area (Å²) in [6.45, 7) is -0.00220. The molecular weight excluding hydrogens is 292 g/mol. The van der Waals surface area contributed by atoms with Crippen LogP contribution >= 0.6 is 0 Å². The molecule has 0 amide bonds. The molecule has 4 atom stereocenters. The Morgan fingerprint density at radius 3 is 3.09 bits per heavy atom. The van der Waals surface area contributed by atoms with Gasteiger partial charge in [-0.15, -0.1) is 0 Å². The molecule has 0 saturated carbocycles. The SMILES string of the molecule is CO[C@@H]1[C@H](O)[C@@H](CN=[N+]=[N-])O[C@H]1n1cnc2c(N)ncnc21. The average molecular weight is 306 g/mol. The van der Waals surface area contributed by atoms with E-state index in [9.17, 15) is 5.11 Å². The molecule has 0 unspecified atom stereocenters. The van der Waals surface area contributed by atoms with Crippen LogP contribution in [0.5, 0.6) is 0 Å². The highest BCUT2D eigenvalue weighted by atomic mass is 16.6. The van der Waals surface area contributed by atoms with Gasteiger partial charge in [-0.1, -0.05) is 5.11 Å². The summed E-state index contributed by atoms with van der Waals surface area (Å²) in [4.78, 5) is 14.8. The zero-order chi connectivity index (χ0) is 15.7. The molecule has 0 spiro atoms. The molecule has 0 aromatic carbocycles. The number of aliphatic hydroxyl groups excluding tert-OH is 1. The number of anilines is 1. The third-order valence-corrected chi connectivity index (χ3v) is 3.57. The molecule has 2 aromatic rings. The normalized spacial score (nSPS) is 27.9. The molecule has 22 heavy (non-hydrogen) atoms. The van der Waals surface area contributed by atoms with Crippen molar-refractivity contribution in [1.82, 2.24) is 19.5 Å². The summed E-state index contributed by atoms with van der Waals surface area (Å²) in [5.41, 5.74) is 15.1. The van der Waals surface area contributed by atoms with E-state index in [1.165, 1.54) is 19.8 Å². The molecule has 0 aliphatic carbocycles. The highest BCUT2D eigenvalue weighted by Crippen LogP contribution is 2.33. The summed E-state index contributed by atoms with van der Waals surface area (Å²) < 4.78 is 12.7. The minimum absolute atomic E-state index is 0.00220. The van der Waals surface area contributed by atoms with Crippen LogP contribution in [0.4, 0.5) is 5.82 Å². The van der Waals surface area contributed by atoms with Crippen molar-refractivity contribution in [3.05, 3.63) is 23.1 Å². The molecule has 0 bridgehead atoms. The molecule has 1 saturated heterocycles. The van der Waals surface area contributed by atoms with Crippen LogP contribution in [0, 0.1) is 0 Å². The number of rotatable bonds is 4. The van der Waals surface area contributed by atoms with E-state index >= 15 is 0 Å². The Balaban J connectivity index is 1.98. The van der Waals surface area contributed by atoms with E-state index in [0.717, 1.165) is 0 Å². The van der Waals surface area contributed by atoms with Crippen molar-refractivity contribution in [3.8, 4) is 0 Å². The van der Waals surface area contributed by atoms with Gasteiger partial charge in [0, 0.05) is 12.0 Å². The highest BCUT2D eigenvalue weighted by Gasteiger charge is 2.45. The van der Waals surface area contributed by atoms with Gasteiger partial charge in [0.25, 0.3) is 0 Å². The third-order valence-electron chi connectivity index (χ3n) is 3.57. The molecule has 1 aliphatic rings. The van der Waals surface area contributed by atoms with E-state index in [0.29, 0.717) is 11.2 Å². The lowest BCUT2D eigenvalue weighted by atomic mass is 10.1. The van der Waals surface area contributed by atoms with Crippen molar-refractivity contribution in [3.63, 3.8) is 0 Å². The van der Waals surface area contributed by atoms with Gasteiger partial charge in [-0.3, -0.25) is 4.57 Å². The Hall–Kier alpha value is -2.46. The van der Waals surface area contributed by atoms with Crippen molar-refractivity contribution in [2.75, 3.05) is 19.4 Å². The lowest BCUT2D eigenvalue weighted by molar-refractivity contribution is -0.0481. The van der Waals surface area contributed by atoms with E-state index in [4.69, 9.17) is 20.7 Å². The Kier molecular flexibility index (Phi) is 3.77. The minimum atomic E-state index is -0.947. The van der Waals surface area contributed by atoms with Crippen molar-refractivity contribution in [1.29, 1.82) is 0 Å². The Morgan fingerprint density at radius 1 is 1.55 bits per heavy atom. The molecule has 0 radical (unpaired) electrons.